The Kier molecular flexibility index (Phi) is 8.36. The van der Waals surface area contributed by atoms with Crippen molar-refractivity contribution in [3.63, 3.8) is 0 Å². The van der Waals surface area contributed by atoms with Gasteiger partial charge < -0.3 is 26.0 Å². The molecule has 8 nitrogen and oxygen atoms in total. The van der Waals surface area contributed by atoms with E-state index in [1.54, 1.807) is 4.90 Å². The molecule has 2 heterocycles. The van der Waals surface area contributed by atoms with Crippen LogP contribution in [0.3, 0.4) is 0 Å². The zero-order chi connectivity index (χ0) is 24.1. The van der Waals surface area contributed by atoms with Crippen LogP contribution in [0.1, 0.15) is 32.3 Å². The number of carbonyl (C=O) groups excluding carboxylic acids is 3. The lowest BCUT2D eigenvalue weighted by atomic mass is 9.90. The van der Waals surface area contributed by atoms with Crippen LogP contribution in [0.4, 0.5) is 8.78 Å². The number of rotatable bonds is 9. The number of nitrogens with zero attached hydrogens (tertiary/aromatic N) is 1. The fraction of sp³-hybridized carbons (Fsp3) is 0.609. The molecule has 3 amide bonds. The Morgan fingerprint density at radius 2 is 1.91 bits per heavy atom. The summed E-state index contributed by atoms with van der Waals surface area (Å²) >= 11 is 0. The lowest BCUT2D eigenvalue weighted by Crippen LogP contribution is -2.63. The molecule has 0 radical (unpaired) electrons. The van der Waals surface area contributed by atoms with Gasteiger partial charge in [-0.05, 0) is 37.0 Å². The molecule has 182 valence electrons. The molecule has 2 aliphatic rings. The number of hydrogen-bond acceptors (Lipinski definition) is 5. The number of piperazine rings is 1. The zero-order valence-corrected chi connectivity index (χ0v) is 18.9. The topological polar surface area (TPSA) is 111 Å². The highest BCUT2D eigenvalue weighted by molar-refractivity contribution is 5.91. The summed E-state index contributed by atoms with van der Waals surface area (Å²) in [4.78, 5) is 39.9. The van der Waals surface area contributed by atoms with Crippen molar-refractivity contribution in [3.05, 3.63) is 35.4 Å². The summed E-state index contributed by atoms with van der Waals surface area (Å²) in [5.41, 5.74) is 0.232. The average Bonchev–Trinajstić information content (AvgIpc) is 3.08. The quantitative estimate of drug-likeness (QED) is 0.420. The Bertz CT molecular complexity index is 864. The zero-order valence-electron chi connectivity index (χ0n) is 18.9. The monoisotopic (exact) mass is 466 g/mol. The Balaban J connectivity index is 1.82. The Morgan fingerprint density at radius 3 is 2.52 bits per heavy atom. The molecule has 10 heteroatoms. The molecule has 1 aromatic rings. The second-order valence-corrected chi connectivity index (χ2v) is 8.72. The second kappa shape index (κ2) is 11.0. The van der Waals surface area contributed by atoms with Gasteiger partial charge in [0.15, 0.2) is 0 Å². The van der Waals surface area contributed by atoms with Crippen molar-refractivity contribution in [1.82, 2.24) is 20.9 Å². The van der Waals surface area contributed by atoms with Gasteiger partial charge in [-0.3, -0.25) is 14.4 Å². The number of aliphatic hydroxyl groups is 1. The van der Waals surface area contributed by atoms with Crippen LogP contribution < -0.4 is 16.0 Å². The maximum absolute atomic E-state index is 13.8. The first-order chi connectivity index (χ1) is 15.7. The first-order valence-electron chi connectivity index (χ1n) is 11.5. The number of amides is 3. The van der Waals surface area contributed by atoms with Crippen LogP contribution in [0.25, 0.3) is 0 Å². The van der Waals surface area contributed by atoms with E-state index in [9.17, 15) is 28.3 Å². The minimum atomic E-state index is -1.36. The number of benzene rings is 1. The first kappa shape index (κ1) is 25.0. The summed E-state index contributed by atoms with van der Waals surface area (Å²) in [7, 11) is 0. The number of likely N-dealkylation sites (tertiary alicyclic amines) is 1. The summed E-state index contributed by atoms with van der Waals surface area (Å²) < 4.78 is 27.5. The highest BCUT2D eigenvalue weighted by Crippen LogP contribution is 2.28. The summed E-state index contributed by atoms with van der Waals surface area (Å²) in [6.07, 6.45) is -0.190. The van der Waals surface area contributed by atoms with E-state index >= 15 is 0 Å². The van der Waals surface area contributed by atoms with E-state index in [1.807, 2.05) is 13.8 Å². The third-order valence-corrected chi connectivity index (χ3v) is 6.33. The van der Waals surface area contributed by atoms with E-state index < -0.39 is 53.5 Å². The number of carbonyl (C=O) groups is 3. The lowest BCUT2D eigenvalue weighted by Gasteiger charge is -2.33. The summed E-state index contributed by atoms with van der Waals surface area (Å²) in [5.74, 6) is -3.56. The van der Waals surface area contributed by atoms with Gasteiger partial charge in [-0.2, -0.15) is 0 Å². The molecule has 0 aromatic heterocycles. The number of nitrogens with one attached hydrogen (secondary N) is 3. The maximum Gasteiger partial charge on any atom is 0.239 e. The third-order valence-electron chi connectivity index (χ3n) is 6.33. The van der Waals surface area contributed by atoms with E-state index in [-0.39, 0.29) is 24.4 Å². The standard InChI is InChI=1S/C23H32F2N4O4/c1-3-7-29-12-17(16(4-2)23(29)33)21(31)28-18(10-13-8-14(24)11-15(25)9-13)20(30)19-22(32)27-6-5-26-19/h8-9,11,16-20,26,30H,3-7,10,12H2,1-2H3,(H,27,32)(H,28,31)/t16?,17?,18-,19-,20-/m0/s1. The van der Waals surface area contributed by atoms with Gasteiger partial charge >= 0.3 is 0 Å². The molecule has 0 saturated carbocycles. The molecule has 5 atom stereocenters. The summed E-state index contributed by atoms with van der Waals surface area (Å²) in [6, 6.07) is 0.988. The predicted molar refractivity (Wildman–Crippen MR) is 117 cm³/mol. The molecule has 0 bridgehead atoms. The number of hydrogen-bond donors (Lipinski definition) is 4. The fourth-order valence-electron chi connectivity index (χ4n) is 4.71. The van der Waals surface area contributed by atoms with Gasteiger partial charge in [-0.1, -0.05) is 13.8 Å². The molecule has 0 aliphatic carbocycles. The molecule has 3 rings (SSSR count). The summed E-state index contributed by atoms with van der Waals surface area (Å²) in [5, 5.41) is 19.4. The molecule has 2 fully saturated rings. The first-order valence-corrected chi connectivity index (χ1v) is 11.5. The van der Waals surface area contributed by atoms with Crippen LogP contribution in [0, 0.1) is 23.5 Å². The van der Waals surface area contributed by atoms with E-state index in [1.165, 1.54) is 0 Å². The third kappa shape index (κ3) is 5.86. The van der Waals surface area contributed by atoms with Crippen molar-refractivity contribution in [1.29, 1.82) is 0 Å². The van der Waals surface area contributed by atoms with Crippen molar-refractivity contribution < 1.29 is 28.3 Å². The van der Waals surface area contributed by atoms with E-state index in [4.69, 9.17) is 0 Å². The SMILES string of the molecule is CCCN1CC(C(=O)N[C@@H](Cc2cc(F)cc(F)c2)[C@H](O)[C@@H]2NCCNC2=O)C(CC)C1=O. The largest absolute Gasteiger partial charge is 0.389 e. The molecule has 0 spiro atoms. The molecular weight excluding hydrogens is 434 g/mol. The van der Waals surface area contributed by atoms with Gasteiger partial charge in [-0.15, -0.1) is 0 Å². The Labute approximate surface area is 192 Å². The van der Waals surface area contributed by atoms with Crippen LogP contribution in [0.2, 0.25) is 0 Å². The van der Waals surface area contributed by atoms with Gasteiger partial charge in [0, 0.05) is 32.2 Å². The number of aliphatic hydroxyl groups excluding tert-OH is 1. The summed E-state index contributed by atoms with van der Waals surface area (Å²) in [6.45, 7) is 5.47. The van der Waals surface area contributed by atoms with Gasteiger partial charge in [0.1, 0.15) is 17.7 Å². The molecule has 33 heavy (non-hydrogen) atoms. The molecule has 4 N–H and O–H groups in total. The second-order valence-electron chi connectivity index (χ2n) is 8.72. The van der Waals surface area contributed by atoms with Crippen molar-refractivity contribution in [2.24, 2.45) is 11.8 Å². The minimum Gasteiger partial charge on any atom is -0.389 e. The van der Waals surface area contributed by atoms with E-state index in [0.29, 0.717) is 26.1 Å². The van der Waals surface area contributed by atoms with Crippen molar-refractivity contribution >= 4 is 17.7 Å². The van der Waals surface area contributed by atoms with Gasteiger partial charge in [0.25, 0.3) is 0 Å². The average molecular weight is 467 g/mol. The van der Waals surface area contributed by atoms with Gasteiger partial charge in [-0.25, -0.2) is 8.78 Å². The van der Waals surface area contributed by atoms with E-state index in [0.717, 1.165) is 24.6 Å². The molecule has 1 aromatic carbocycles. The van der Waals surface area contributed by atoms with Crippen molar-refractivity contribution in [2.75, 3.05) is 26.2 Å². The van der Waals surface area contributed by atoms with E-state index in [2.05, 4.69) is 16.0 Å². The normalized spacial score (nSPS) is 25.0. The number of halogens is 2. The minimum absolute atomic E-state index is 0.0721. The van der Waals surface area contributed by atoms with Gasteiger partial charge in [0.2, 0.25) is 17.7 Å². The highest BCUT2D eigenvalue weighted by atomic mass is 19.1. The van der Waals surface area contributed by atoms with Crippen LogP contribution >= 0.6 is 0 Å². The molecular formula is C23H32F2N4O4. The van der Waals surface area contributed by atoms with Crippen molar-refractivity contribution in [3.8, 4) is 0 Å². The lowest BCUT2D eigenvalue weighted by molar-refractivity contribution is -0.134. The fourth-order valence-corrected chi connectivity index (χ4v) is 4.71. The van der Waals surface area contributed by atoms with Crippen LogP contribution in [-0.2, 0) is 20.8 Å². The maximum atomic E-state index is 13.8. The van der Waals surface area contributed by atoms with Crippen LogP contribution in [0.5, 0.6) is 0 Å². The Morgan fingerprint density at radius 1 is 1.21 bits per heavy atom. The van der Waals surface area contributed by atoms with Crippen LogP contribution in [0.15, 0.2) is 18.2 Å². The molecule has 2 saturated heterocycles. The molecule has 2 aliphatic heterocycles. The Hall–Kier alpha value is -2.59. The van der Waals surface area contributed by atoms with Gasteiger partial charge in [0.05, 0.1) is 24.0 Å². The van der Waals surface area contributed by atoms with Crippen LogP contribution in [-0.4, -0.2) is 72.1 Å². The van der Waals surface area contributed by atoms with Crippen molar-refractivity contribution in [2.45, 2.75) is 51.3 Å². The predicted octanol–water partition coefficient (Wildman–Crippen LogP) is 0.336. The smallest absolute Gasteiger partial charge is 0.239 e. The highest BCUT2D eigenvalue weighted by Gasteiger charge is 2.44. The molecule has 2 unspecified atom stereocenters.